The summed E-state index contributed by atoms with van der Waals surface area (Å²) in [7, 11) is 0. The second-order valence-corrected chi connectivity index (χ2v) is 10.7. The van der Waals surface area contributed by atoms with Gasteiger partial charge in [-0.25, -0.2) is 9.59 Å². The van der Waals surface area contributed by atoms with Gasteiger partial charge in [-0.15, -0.1) is 28.2 Å². The number of carbonyl (C=O) groups excluding carboxylic acids is 3. The van der Waals surface area contributed by atoms with Crippen LogP contribution in [0.4, 0.5) is 4.79 Å². The van der Waals surface area contributed by atoms with Crippen LogP contribution in [0.25, 0.3) is 0 Å². The van der Waals surface area contributed by atoms with Gasteiger partial charge >= 0.3 is 17.6 Å². The molecule has 2 aliphatic rings. The molecule has 0 radical (unpaired) electrons. The summed E-state index contributed by atoms with van der Waals surface area (Å²) in [6.07, 6.45) is 1.16. The van der Waals surface area contributed by atoms with E-state index in [0.717, 1.165) is 28.9 Å². The highest BCUT2D eigenvalue weighted by Gasteiger charge is 2.54. The molecule has 16 heteroatoms. The fourth-order valence-corrected chi connectivity index (χ4v) is 6.75. The normalized spacial score (nSPS) is 19.4. The largest absolute Gasteiger partial charge is 0.477 e. The molecule has 194 valence electrons. The monoisotopic (exact) mass is 564 g/mol. The molecule has 2 aliphatic heterocycles. The molecule has 0 bridgehead atoms. The van der Waals surface area contributed by atoms with Crippen molar-refractivity contribution in [1.82, 2.24) is 30.8 Å². The summed E-state index contributed by atoms with van der Waals surface area (Å²) >= 11 is 3.64. The molecule has 3 atom stereocenters. The number of nitrogens with one attached hydrogen (secondary N) is 3. The van der Waals surface area contributed by atoms with Crippen molar-refractivity contribution >= 4 is 58.7 Å². The Morgan fingerprint density at radius 3 is 2.73 bits per heavy atom. The first-order chi connectivity index (χ1) is 17.7. The molecule has 0 aromatic carbocycles. The maximum Gasteiger partial charge on any atom is 0.352 e. The van der Waals surface area contributed by atoms with Crippen LogP contribution in [-0.4, -0.2) is 71.9 Å². The van der Waals surface area contributed by atoms with E-state index in [9.17, 15) is 34.3 Å². The molecule has 1 fully saturated rings. The third-order valence-corrected chi connectivity index (χ3v) is 8.58. The van der Waals surface area contributed by atoms with Crippen molar-refractivity contribution < 1.29 is 29.5 Å². The molecule has 2 aromatic rings. The summed E-state index contributed by atoms with van der Waals surface area (Å²) in [4.78, 5) is 63.3. The average molecular weight is 565 g/mol. The molecule has 4 amide bonds. The molecule has 37 heavy (non-hydrogen) atoms. The van der Waals surface area contributed by atoms with Crippen LogP contribution in [0.3, 0.4) is 0 Å². The highest BCUT2D eigenvalue weighted by atomic mass is 32.2. The van der Waals surface area contributed by atoms with Gasteiger partial charge in [0.2, 0.25) is 5.91 Å². The van der Waals surface area contributed by atoms with Gasteiger partial charge in [-0.1, -0.05) is 29.3 Å². The number of fused-ring (bicyclic) bond motifs is 1. The maximum atomic E-state index is 13.1. The Balaban J connectivity index is 1.48. The smallest absolute Gasteiger partial charge is 0.352 e. The van der Waals surface area contributed by atoms with Crippen molar-refractivity contribution in [2.45, 2.75) is 22.5 Å². The van der Waals surface area contributed by atoms with E-state index in [2.05, 4.69) is 27.6 Å². The number of hydrogen-bond acceptors (Lipinski definition) is 10. The predicted octanol–water partition coefficient (Wildman–Crippen LogP) is 0.557. The van der Waals surface area contributed by atoms with Crippen LogP contribution < -0.4 is 21.5 Å². The van der Waals surface area contributed by atoms with E-state index < -0.39 is 46.8 Å². The number of rotatable bonds is 9. The van der Waals surface area contributed by atoms with Gasteiger partial charge in [0.05, 0.1) is 0 Å². The van der Waals surface area contributed by atoms with Crippen LogP contribution in [0, 0.1) is 0 Å². The van der Waals surface area contributed by atoms with Crippen molar-refractivity contribution in [2.75, 3.05) is 11.5 Å². The Kier molecular flexibility index (Phi) is 7.89. The van der Waals surface area contributed by atoms with E-state index in [-0.39, 0.29) is 22.0 Å². The number of carbonyl (C=O) groups is 4. The number of amides is 4. The van der Waals surface area contributed by atoms with Crippen LogP contribution in [0.5, 0.6) is 0 Å². The summed E-state index contributed by atoms with van der Waals surface area (Å²) in [5, 5.41) is 31.8. The number of carboxylic acids is 1. The molecular formula is C21H20N6O7S3. The molecular weight excluding hydrogens is 544 g/mol. The van der Waals surface area contributed by atoms with Crippen molar-refractivity contribution in [3.05, 3.63) is 68.9 Å². The second kappa shape index (κ2) is 11.1. The quantitative estimate of drug-likeness (QED) is 0.164. The number of thioether (sulfide) groups is 2. The summed E-state index contributed by atoms with van der Waals surface area (Å²) < 4.78 is 0. The van der Waals surface area contributed by atoms with E-state index in [4.69, 9.17) is 0 Å². The molecule has 4 rings (SSSR count). The zero-order chi connectivity index (χ0) is 26.7. The molecule has 1 saturated heterocycles. The molecule has 0 saturated carbocycles. The van der Waals surface area contributed by atoms with Crippen LogP contribution in [0.15, 0.2) is 63.5 Å². The summed E-state index contributed by atoms with van der Waals surface area (Å²) in [6.45, 7) is 3.40. The molecule has 0 spiro atoms. The fraction of sp³-hybridized carbons (Fsp3) is 0.238. The lowest BCUT2D eigenvalue weighted by molar-refractivity contribution is -0.150. The van der Waals surface area contributed by atoms with Crippen LogP contribution in [-0.2, 0) is 14.4 Å². The standard InChI is InChI=1S/C21H20N6O7S3/c1-2-22-21(33)24-14(11-4-3-7-35-11)17(29)23-15-18(30)26-16(20(31)32)10(9-37-19(15)26)8-36-12-5-6-13(28)27(34)25-12/h2-7,14-15,19,34H,1,8-9H2,(H,23,29)(H,31,32)(H2,22,24,33)/t14?,15-,19?/m0/s1. The number of urea groups is 1. The van der Waals surface area contributed by atoms with Gasteiger partial charge in [-0.2, -0.15) is 0 Å². The molecule has 13 nitrogen and oxygen atoms in total. The van der Waals surface area contributed by atoms with Crippen molar-refractivity contribution in [3.63, 3.8) is 0 Å². The van der Waals surface area contributed by atoms with Gasteiger partial charge in [0.15, 0.2) is 0 Å². The van der Waals surface area contributed by atoms with Crippen LogP contribution in [0.1, 0.15) is 10.9 Å². The lowest BCUT2D eigenvalue weighted by atomic mass is 10.0. The van der Waals surface area contributed by atoms with Gasteiger partial charge in [0.1, 0.15) is 28.2 Å². The number of aromatic nitrogens is 2. The van der Waals surface area contributed by atoms with E-state index in [1.807, 2.05) is 0 Å². The van der Waals surface area contributed by atoms with Gasteiger partial charge in [0, 0.05) is 22.4 Å². The molecule has 2 unspecified atom stereocenters. The highest BCUT2D eigenvalue weighted by Crippen LogP contribution is 2.41. The van der Waals surface area contributed by atoms with Gasteiger partial charge < -0.3 is 26.3 Å². The fourth-order valence-electron chi connectivity index (χ4n) is 3.64. The number of carboxylic acid groups (broad SMARTS) is 1. The average Bonchev–Trinajstić information content (AvgIpc) is 3.40. The Bertz CT molecular complexity index is 1340. The van der Waals surface area contributed by atoms with E-state index in [0.29, 0.717) is 15.5 Å². The SMILES string of the molecule is C=CNC(=O)NC(C(=O)N[C@H]1C(=O)N2C(C(=O)O)=C(CSc3ccc(=O)n(O)n3)CSC12)c1cccs1. The zero-order valence-corrected chi connectivity index (χ0v) is 21.3. The van der Waals surface area contributed by atoms with E-state index in [1.54, 1.807) is 17.5 Å². The third kappa shape index (κ3) is 5.50. The number of β-lactam (4-membered cyclic amide) rings is 1. The Morgan fingerprint density at radius 2 is 2.08 bits per heavy atom. The molecule has 0 aliphatic carbocycles. The maximum absolute atomic E-state index is 13.1. The summed E-state index contributed by atoms with van der Waals surface area (Å²) in [6, 6.07) is 3.20. The van der Waals surface area contributed by atoms with Crippen LogP contribution >= 0.6 is 34.9 Å². The van der Waals surface area contributed by atoms with Gasteiger partial charge in [0.25, 0.3) is 5.91 Å². The first-order valence-electron chi connectivity index (χ1n) is 10.6. The molecule has 4 heterocycles. The molecule has 5 N–H and O–H groups in total. The lowest BCUT2D eigenvalue weighted by Gasteiger charge is -2.49. The first-order valence-corrected chi connectivity index (χ1v) is 13.5. The van der Waals surface area contributed by atoms with Gasteiger partial charge in [-0.05, 0) is 29.3 Å². The second-order valence-electron chi connectivity index (χ2n) is 7.61. The Hall–Kier alpha value is -3.76. The van der Waals surface area contributed by atoms with Crippen LogP contribution in [0.2, 0.25) is 0 Å². The minimum Gasteiger partial charge on any atom is -0.477 e. The van der Waals surface area contributed by atoms with E-state index in [1.165, 1.54) is 29.2 Å². The minimum atomic E-state index is -1.29. The number of thiophene rings is 1. The Labute approximate surface area is 221 Å². The highest BCUT2D eigenvalue weighted by molar-refractivity contribution is 8.01. The van der Waals surface area contributed by atoms with E-state index >= 15 is 0 Å². The minimum absolute atomic E-state index is 0.149. The molecule has 2 aromatic heterocycles. The van der Waals surface area contributed by atoms with Gasteiger partial charge in [-0.3, -0.25) is 19.3 Å². The summed E-state index contributed by atoms with van der Waals surface area (Å²) in [5.74, 6) is -2.09. The predicted molar refractivity (Wildman–Crippen MR) is 135 cm³/mol. The number of nitrogens with zero attached hydrogens (tertiary/aromatic N) is 3. The summed E-state index contributed by atoms with van der Waals surface area (Å²) in [5.41, 5.74) is -0.432. The number of hydrogen-bond donors (Lipinski definition) is 5. The Morgan fingerprint density at radius 1 is 1.30 bits per heavy atom. The lowest BCUT2D eigenvalue weighted by Crippen LogP contribution is -2.71. The van der Waals surface area contributed by atoms with Crippen molar-refractivity contribution in [2.24, 2.45) is 0 Å². The van der Waals surface area contributed by atoms with Crippen molar-refractivity contribution in [3.8, 4) is 0 Å². The zero-order valence-electron chi connectivity index (χ0n) is 18.8. The van der Waals surface area contributed by atoms with Crippen molar-refractivity contribution in [1.29, 1.82) is 0 Å². The number of aliphatic carboxylic acids is 1. The third-order valence-electron chi connectivity index (χ3n) is 5.30. The topological polar surface area (TPSA) is 183 Å². The first kappa shape index (κ1) is 26.3.